The summed E-state index contributed by atoms with van der Waals surface area (Å²) in [4.78, 5) is 11.4. The molecule has 1 unspecified atom stereocenters. The van der Waals surface area contributed by atoms with Crippen molar-refractivity contribution in [1.82, 2.24) is 5.32 Å². The largest absolute Gasteiger partial charge is 0.356 e. The fraction of sp³-hybridized carbons (Fsp3) is 0.909. The molecule has 0 saturated heterocycles. The van der Waals surface area contributed by atoms with Gasteiger partial charge in [0.1, 0.15) is 0 Å². The molecule has 14 heavy (non-hydrogen) atoms. The first-order valence-corrected chi connectivity index (χ1v) is 6.67. The second-order valence-corrected chi connectivity index (χ2v) is 5.18. The number of carbonyl (C=O) groups is 1. The molecule has 1 atom stereocenters. The zero-order valence-electron chi connectivity index (χ0n) is 8.89. The van der Waals surface area contributed by atoms with Crippen molar-refractivity contribution in [3.8, 4) is 0 Å². The lowest BCUT2D eigenvalue weighted by Gasteiger charge is -2.24. The SMILES string of the molecule is CC(CCBr)CNC(=O)CC1CCC1. The zero-order chi connectivity index (χ0) is 10.4. The van der Waals surface area contributed by atoms with Crippen LogP contribution in [0, 0.1) is 11.8 Å². The third-order valence-electron chi connectivity index (χ3n) is 2.95. The van der Waals surface area contributed by atoms with Crippen molar-refractivity contribution in [3.63, 3.8) is 0 Å². The van der Waals surface area contributed by atoms with Crippen LogP contribution in [0.3, 0.4) is 0 Å². The van der Waals surface area contributed by atoms with Crippen LogP contribution in [-0.2, 0) is 4.79 Å². The summed E-state index contributed by atoms with van der Waals surface area (Å²) in [5, 5.41) is 4.03. The Morgan fingerprint density at radius 2 is 2.29 bits per heavy atom. The van der Waals surface area contributed by atoms with Crippen LogP contribution in [0.25, 0.3) is 0 Å². The third-order valence-corrected chi connectivity index (χ3v) is 3.41. The van der Waals surface area contributed by atoms with E-state index in [0.29, 0.717) is 11.8 Å². The highest BCUT2D eigenvalue weighted by atomic mass is 79.9. The standard InChI is InChI=1S/C11H20BrNO/c1-9(5-6-12)8-13-11(14)7-10-3-2-4-10/h9-10H,2-8H2,1H3,(H,13,14). The molecule has 0 bridgehead atoms. The molecule has 0 aromatic carbocycles. The number of nitrogens with one attached hydrogen (secondary N) is 1. The Labute approximate surface area is 95.0 Å². The topological polar surface area (TPSA) is 29.1 Å². The summed E-state index contributed by atoms with van der Waals surface area (Å²) in [7, 11) is 0. The number of hydrogen-bond donors (Lipinski definition) is 1. The predicted octanol–water partition coefficient (Wildman–Crippen LogP) is 2.71. The van der Waals surface area contributed by atoms with Crippen molar-refractivity contribution in [2.24, 2.45) is 11.8 Å². The molecule has 0 heterocycles. The van der Waals surface area contributed by atoms with E-state index < -0.39 is 0 Å². The molecule has 2 nitrogen and oxygen atoms in total. The molecule has 1 aliphatic carbocycles. The number of amides is 1. The van der Waals surface area contributed by atoms with Crippen LogP contribution in [0.2, 0.25) is 0 Å². The van der Waals surface area contributed by atoms with E-state index in [4.69, 9.17) is 0 Å². The first-order chi connectivity index (χ1) is 6.72. The molecule has 1 saturated carbocycles. The molecule has 1 aliphatic rings. The molecule has 3 heteroatoms. The zero-order valence-corrected chi connectivity index (χ0v) is 10.5. The predicted molar refractivity (Wildman–Crippen MR) is 62.5 cm³/mol. The Kier molecular flexibility index (Phi) is 5.53. The highest BCUT2D eigenvalue weighted by Crippen LogP contribution is 2.29. The van der Waals surface area contributed by atoms with Crippen LogP contribution in [0.5, 0.6) is 0 Å². The minimum atomic E-state index is 0.246. The highest BCUT2D eigenvalue weighted by molar-refractivity contribution is 9.09. The van der Waals surface area contributed by atoms with Crippen molar-refractivity contribution in [3.05, 3.63) is 0 Å². The second-order valence-electron chi connectivity index (χ2n) is 4.39. The van der Waals surface area contributed by atoms with Crippen molar-refractivity contribution in [2.45, 2.75) is 39.0 Å². The van der Waals surface area contributed by atoms with Crippen LogP contribution in [0.4, 0.5) is 0 Å². The van der Waals surface area contributed by atoms with Gasteiger partial charge in [-0.25, -0.2) is 0 Å². The monoisotopic (exact) mass is 261 g/mol. The summed E-state index contributed by atoms with van der Waals surface area (Å²) in [6, 6.07) is 0. The van der Waals surface area contributed by atoms with Crippen LogP contribution in [-0.4, -0.2) is 17.8 Å². The van der Waals surface area contributed by atoms with E-state index in [9.17, 15) is 4.79 Å². The summed E-state index contributed by atoms with van der Waals surface area (Å²) in [5.41, 5.74) is 0. The molecule has 1 fully saturated rings. The molecule has 1 amide bonds. The van der Waals surface area contributed by atoms with Gasteiger partial charge in [0, 0.05) is 18.3 Å². The van der Waals surface area contributed by atoms with Gasteiger partial charge in [0.15, 0.2) is 0 Å². The van der Waals surface area contributed by atoms with Gasteiger partial charge in [-0.3, -0.25) is 4.79 Å². The lowest BCUT2D eigenvalue weighted by atomic mass is 9.83. The van der Waals surface area contributed by atoms with Crippen molar-refractivity contribution in [1.29, 1.82) is 0 Å². The van der Waals surface area contributed by atoms with E-state index in [2.05, 4.69) is 28.2 Å². The van der Waals surface area contributed by atoms with Crippen LogP contribution in [0.1, 0.15) is 39.0 Å². The van der Waals surface area contributed by atoms with E-state index in [1.165, 1.54) is 19.3 Å². The number of alkyl halides is 1. The first kappa shape index (κ1) is 12.0. The molecule has 0 aromatic rings. The van der Waals surface area contributed by atoms with Crippen molar-refractivity contribution < 1.29 is 4.79 Å². The van der Waals surface area contributed by atoms with Gasteiger partial charge in [0.2, 0.25) is 5.91 Å². The van der Waals surface area contributed by atoms with Crippen molar-refractivity contribution >= 4 is 21.8 Å². The summed E-state index contributed by atoms with van der Waals surface area (Å²) in [5.74, 6) is 1.51. The minimum Gasteiger partial charge on any atom is -0.356 e. The Balaban J connectivity index is 2.01. The first-order valence-electron chi connectivity index (χ1n) is 5.55. The van der Waals surface area contributed by atoms with E-state index in [0.717, 1.165) is 24.7 Å². The van der Waals surface area contributed by atoms with Crippen LogP contribution in [0.15, 0.2) is 0 Å². The molecule has 0 radical (unpaired) electrons. The van der Waals surface area contributed by atoms with E-state index in [1.807, 2.05) is 0 Å². The summed E-state index contributed by atoms with van der Waals surface area (Å²) >= 11 is 3.40. The van der Waals surface area contributed by atoms with Gasteiger partial charge >= 0.3 is 0 Å². The number of carbonyl (C=O) groups excluding carboxylic acids is 1. The lowest BCUT2D eigenvalue weighted by Crippen LogP contribution is -2.31. The van der Waals surface area contributed by atoms with Gasteiger partial charge in [0.25, 0.3) is 0 Å². The molecule has 0 aliphatic heterocycles. The van der Waals surface area contributed by atoms with Crippen LogP contribution >= 0.6 is 15.9 Å². The average Bonchev–Trinajstić information content (AvgIpc) is 2.09. The molecule has 82 valence electrons. The smallest absolute Gasteiger partial charge is 0.220 e. The Morgan fingerprint density at radius 3 is 2.79 bits per heavy atom. The fourth-order valence-electron chi connectivity index (χ4n) is 1.61. The van der Waals surface area contributed by atoms with Gasteiger partial charge in [0.05, 0.1) is 0 Å². The summed E-state index contributed by atoms with van der Waals surface area (Å²) in [6.45, 7) is 3.00. The second kappa shape index (κ2) is 6.44. The molecular formula is C11H20BrNO. The molecular weight excluding hydrogens is 242 g/mol. The maximum Gasteiger partial charge on any atom is 0.220 e. The Bertz CT molecular complexity index is 180. The number of hydrogen-bond acceptors (Lipinski definition) is 1. The Hall–Kier alpha value is -0.0500. The quantitative estimate of drug-likeness (QED) is 0.733. The van der Waals surface area contributed by atoms with Gasteiger partial charge in [-0.1, -0.05) is 29.3 Å². The molecule has 0 aromatic heterocycles. The summed E-state index contributed by atoms with van der Waals surface area (Å²) < 4.78 is 0. The maximum atomic E-state index is 11.4. The average molecular weight is 262 g/mol. The molecule has 0 spiro atoms. The van der Waals surface area contributed by atoms with Crippen molar-refractivity contribution in [2.75, 3.05) is 11.9 Å². The van der Waals surface area contributed by atoms with E-state index in [1.54, 1.807) is 0 Å². The fourth-order valence-corrected chi connectivity index (χ4v) is 2.39. The summed E-state index contributed by atoms with van der Waals surface area (Å²) in [6.07, 6.45) is 5.71. The highest BCUT2D eigenvalue weighted by Gasteiger charge is 2.20. The number of rotatable bonds is 6. The lowest BCUT2D eigenvalue weighted by molar-refractivity contribution is -0.122. The van der Waals surface area contributed by atoms with E-state index >= 15 is 0 Å². The Morgan fingerprint density at radius 1 is 1.57 bits per heavy atom. The third kappa shape index (κ3) is 4.45. The van der Waals surface area contributed by atoms with Crippen LogP contribution < -0.4 is 5.32 Å². The minimum absolute atomic E-state index is 0.246. The van der Waals surface area contributed by atoms with E-state index in [-0.39, 0.29) is 5.91 Å². The number of halogens is 1. The molecule has 1 N–H and O–H groups in total. The maximum absolute atomic E-state index is 11.4. The molecule has 1 rings (SSSR count). The normalized spacial score (nSPS) is 18.7. The van der Waals surface area contributed by atoms with Gasteiger partial charge in [-0.2, -0.15) is 0 Å². The van der Waals surface area contributed by atoms with Gasteiger partial charge < -0.3 is 5.32 Å². The van der Waals surface area contributed by atoms with Gasteiger partial charge in [-0.15, -0.1) is 0 Å². The van der Waals surface area contributed by atoms with Gasteiger partial charge in [-0.05, 0) is 31.1 Å².